The van der Waals surface area contributed by atoms with E-state index >= 15 is 0 Å². The number of halogens is 2. The van der Waals surface area contributed by atoms with Crippen LogP contribution in [0.25, 0.3) is 11.0 Å². The monoisotopic (exact) mass is 196 g/mol. The molecule has 0 fully saturated rings. The van der Waals surface area contributed by atoms with Crippen molar-refractivity contribution in [2.45, 2.75) is 12.8 Å². The minimum atomic E-state index is -2.80. The Morgan fingerprint density at radius 3 is 2.71 bits per heavy atom. The van der Waals surface area contributed by atoms with Crippen LogP contribution in [0.4, 0.5) is 8.78 Å². The molecule has 0 bridgehead atoms. The molecule has 1 aromatic heterocycles. The molecule has 2 rings (SSSR count). The minimum absolute atomic E-state index is 0.00343. The van der Waals surface area contributed by atoms with Crippen molar-refractivity contribution in [2.75, 3.05) is 0 Å². The highest BCUT2D eigenvalue weighted by Gasteiger charge is 2.24. The summed E-state index contributed by atoms with van der Waals surface area (Å²) < 4.78 is 27.7. The summed E-state index contributed by atoms with van der Waals surface area (Å²) in [7, 11) is 1.83. The van der Waals surface area contributed by atoms with Crippen LogP contribution in [0.3, 0.4) is 0 Å². The fraction of sp³-hybridized carbons (Fsp3) is 0.300. The standard InChI is InChI=1S/C10H10F2N2/c1-10(11,12)7-3-4-9-8(5-7)13-6-14(9)2/h3-6H,1-2H3. The third-order valence-corrected chi connectivity index (χ3v) is 2.23. The van der Waals surface area contributed by atoms with Crippen molar-refractivity contribution in [1.82, 2.24) is 9.55 Å². The van der Waals surface area contributed by atoms with Crippen LogP contribution in [0.15, 0.2) is 24.5 Å². The van der Waals surface area contributed by atoms with Gasteiger partial charge in [0.15, 0.2) is 0 Å². The van der Waals surface area contributed by atoms with E-state index in [2.05, 4.69) is 4.98 Å². The lowest BCUT2D eigenvalue weighted by molar-refractivity contribution is 0.0176. The van der Waals surface area contributed by atoms with Gasteiger partial charge in [-0.05, 0) is 12.1 Å². The predicted octanol–water partition coefficient (Wildman–Crippen LogP) is 2.69. The zero-order chi connectivity index (χ0) is 10.3. The Balaban J connectivity index is 2.63. The number of aryl methyl sites for hydroxylation is 1. The van der Waals surface area contributed by atoms with E-state index in [1.807, 2.05) is 7.05 Å². The van der Waals surface area contributed by atoms with Crippen LogP contribution in [0.2, 0.25) is 0 Å². The number of benzene rings is 1. The molecule has 4 heteroatoms. The van der Waals surface area contributed by atoms with E-state index in [0.29, 0.717) is 5.52 Å². The Labute approximate surface area is 80.2 Å². The summed E-state index contributed by atoms with van der Waals surface area (Å²) in [5, 5.41) is 0. The normalized spacial score (nSPS) is 12.3. The fourth-order valence-corrected chi connectivity index (χ4v) is 1.41. The molecule has 0 radical (unpaired) electrons. The summed E-state index contributed by atoms with van der Waals surface area (Å²) in [6, 6.07) is 4.52. The Kier molecular flexibility index (Phi) is 1.80. The lowest BCUT2D eigenvalue weighted by atomic mass is 10.1. The van der Waals surface area contributed by atoms with Gasteiger partial charge in [-0.25, -0.2) is 13.8 Å². The number of rotatable bonds is 1. The zero-order valence-corrected chi connectivity index (χ0v) is 7.96. The van der Waals surface area contributed by atoms with E-state index in [0.717, 1.165) is 12.4 Å². The second kappa shape index (κ2) is 2.77. The van der Waals surface area contributed by atoms with Crippen molar-refractivity contribution in [3.8, 4) is 0 Å². The summed E-state index contributed by atoms with van der Waals surface area (Å²) in [5.41, 5.74) is 1.47. The molecule has 14 heavy (non-hydrogen) atoms. The van der Waals surface area contributed by atoms with Crippen molar-refractivity contribution >= 4 is 11.0 Å². The topological polar surface area (TPSA) is 17.8 Å². The van der Waals surface area contributed by atoms with Gasteiger partial charge in [-0.15, -0.1) is 0 Å². The molecule has 2 aromatic rings. The smallest absolute Gasteiger partial charge is 0.270 e. The van der Waals surface area contributed by atoms with Gasteiger partial charge in [0.2, 0.25) is 0 Å². The highest BCUT2D eigenvalue weighted by Crippen LogP contribution is 2.28. The lowest BCUT2D eigenvalue weighted by Gasteiger charge is -2.09. The first-order valence-corrected chi connectivity index (χ1v) is 4.28. The van der Waals surface area contributed by atoms with Crippen LogP contribution in [0, 0.1) is 0 Å². The second-order valence-corrected chi connectivity index (χ2v) is 3.45. The molecule has 0 unspecified atom stereocenters. The minimum Gasteiger partial charge on any atom is -0.334 e. The highest BCUT2D eigenvalue weighted by molar-refractivity contribution is 5.76. The van der Waals surface area contributed by atoms with Crippen molar-refractivity contribution in [2.24, 2.45) is 7.05 Å². The van der Waals surface area contributed by atoms with Crippen LogP contribution in [-0.2, 0) is 13.0 Å². The average molecular weight is 196 g/mol. The second-order valence-electron chi connectivity index (χ2n) is 3.45. The maximum Gasteiger partial charge on any atom is 0.270 e. The summed E-state index contributed by atoms with van der Waals surface area (Å²) >= 11 is 0. The summed E-state index contributed by atoms with van der Waals surface area (Å²) in [5.74, 6) is -2.80. The van der Waals surface area contributed by atoms with Crippen molar-refractivity contribution in [3.63, 3.8) is 0 Å². The van der Waals surface area contributed by atoms with E-state index in [9.17, 15) is 8.78 Å². The molecular formula is C10H10F2N2. The van der Waals surface area contributed by atoms with Crippen molar-refractivity contribution in [1.29, 1.82) is 0 Å². The largest absolute Gasteiger partial charge is 0.334 e. The Morgan fingerprint density at radius 1 is 1.36 bits per heavy atom. The number of hydrogen-bond acceptors (Lipinski definition) is 1. The van der Waals surface area contributed by atoms with Gasteiger partial charge in [0, 0.05) is 19.5 Å². The fourth-order valence-electron chi connectivity index (χ4n) is 1.41. The van der Waals surface area contributed by atoms with E-state index in [-0.39, 0.29) is 5.56 Å². The molecule has 1 heterocycles. The quantitative estimate of drug-likeness (QED) is 0.685. The molecule has 0 N–H and O–H groups in total. The zero-order valence-electron chi connectivity index (χ0n) is 7.96. The number of aromatic nitrogens is 2. The van der Waals surface area contributed by atoms with E-state index < -0.39 is 5.92 Å². The van der Waals surface area contributed by atoms with E-state index in [1.165, 1.54) is 12.1 Å². The predicted molar refractivity (Wildman–Crippen MR) is 50.3 cm³/mol. The average Bonchev–Trinajstić information content (AvgIpc) is 2.46. The van der Waals surface area contributed by atoms with Gasteiger partial charge in [0.1, 0.15) is 0 Å². The van der Waals surface area contributed by atoms with Gasteiger partial charge in [-0.2, -0.15) is 0 Å². The van der Waals surface area contributed by atoms with E-state index in [4.69, 9.17) is 0 Å². The Bertz CT molecular complexity index is 468. The Morgan fingerprint density at radius 2 is 2.07 bits per heavy atom. The molecule has 2 nitrogen and oxygen atoms in total. The summed E-state index contributed by atoms with van der Waals surface area (Å²) in [6.07, 6.45) is 1.61. The first kappa shape index (κ1) is 9.12. The van der Waals surface area contributed by atoms with Crippen LogP contribution in [0.1, 0.15) is 12.5 Å². The third kappa shape index (κ3) is 1.36. The first-order chi connectivity index (χ1) is 6.48. The molecule has 1 aromatic carbocycles. The number of fused-ring (bicyclic) bond motifs is 1. The lowest BCUT2D eigenvalue weighted by Crippen LogP contribution is -2.06. The van der Waals surface area contributed by atoms with Crippen LogP contribution >= 0.6 is 0 Å². The van der Waals surface area contributed by atoms with Gasteiger partial charge in [0.25, 0.3) is 5.92 Å². The molecular weight excluding hydrogens is 186 g/mol. The van der Waals surface area contributed by atoms with Gasteiger partial charge >= 0.3 is 0 Å². The molecule has 0 atom stereocenters. The summed E-state index contributed by atoms with van der Waals surface area (Å²) in [4.78, 5) is 4.02. The first-order valence-electron chi connectivity index (χ1n) is 4.28. The maximum atomic E-state index is 13.0. The molecule has 0 aliphatic heterocycles. The molecule has 0 saturated carbocycles. The molecule has 0 spiro atoms. The van der Waals surface area contributed by atoms with E-state index in [1.54, 1.807) is 17.0 Å². The number of nitrogens with zero attached hydrogens (tertiary/aromatic N) is 2. The molecule has 0 aliphatic rings. The van der Waals surface area contributed by atoms with Crippen LogP contribution in [0.5, 0.6) is 0 Å². The highest BCUT2D eigenvalue weighted by atomic mass is 19.3. The molecule has 0 aliphatic carbocycles. The maximum absolute atomic E-state index is 13.0. The van der Waals surface area contributed by atoms with Crippen LogP contribution < -0.4 is 0 Å². The van der Waals surface area contributed by atoms with Crippen molar-refractivity contribution < 1.29 is 8.78 Å². The number of hydrogen-bond donors (Lipinski definition) is 0. The number of imidazole rings is 1. The Hall–Kier alpha value is -1.45. The molecule has 0 amide bonds. The van der Waals surface area contributed by atoms with Gasteiger partial charge in [0.05, 0.1) is 17.4 Å². The number of alkyl halides is 2. The van der Waals surface area contributed by atoms with Gasteiger partial charge in [-0.1, -0.05) is 6.07 Å². The van der Waals surface area contributed by atoms with Crippen LogP contribution in [-0.4, -0.2) is 9.55 Å². The molecule has 74 valence electrons. The third-order valence-electron chi connectivity index (χ3n) is 2.23. The SMILES string of the molecule is Cn1cnc2cc(C(C)(F)F)ccc21. The van der Waals surface area contributed by atoms with Gasteiger partial charge in [-0.3, -0.25) is 0 Å². The summed E-state index contributed by atoms with van der Waals surface area (Å²) in [6.45, 7) is 0.886. The van der Waals surface area contributed by atoms with Gasteiger partial charge < -0.3 is 4.57 Å². The molecule has 0 saturated heterocycles. The van der Waals surface area contributed by atoms with Crippen molar-refractivity contribution in [3.05, 3.63) is 30.1 Å².